The Hall–Kier alpha value is -5.82. The molecule has 0 heterocycles. The van der Waals surface area contributed by atoms with E-state index in [9.17, 15) is 56.2 Å². The Bertz CT molecular complexity index is 2030. The van der Waals surface area contributed by atoms with Gasteiger partial charge in [-0.3, -0.25) is 20.2 Å². The highest BCUT2D eigenvalue weighted by molar-refractivity contribution is 6.32. The molecule has 0 radical (unpaired) electrons. The van der Waals surface area contributed by atoms with Gasteiger partial charge >= 0.3 is 30.0 Å². The molecule has 4 aromatic carbocycles. The fourth-order valence-corrected chi connectivity index (χ4v) is 4.50. The molecule has 0 aromatic heterocycles. The maximum atomic E-state index is 12.7. The minimum absolute atomic E-state index is 0.0111. The number of nitro benzene ring substituents is 2. The fourth-order valence-electron chi connectivity index (χ4n) is 4.06. The van der Waals surface area contributed by atoms with Crippen LogP contribution in [0.5, 0.6) is 28.7 Å². The third kappa shape index (κ3) is 11.9. The third-order valence-electron chi connectivity index (χ3n) is 6.41. The summed E-state index contributed by atoms with van der Waals surface area (Å²) in [5.74, 6) is -2.24. The third-order valence-corrected chi connectivity index (χ3v) is 7.00. The molecule has 0 bridgehead atoms. The van der Waals surface area contributed by atoms with Gasteiger partial charge in [-0.05, 0) is 62.4 Å². The molecule has 4 aromatic rings. The summed E-state index contributed by atoms with van der Waals surface area (Å²) in [4.78, 5) is 44.1. The molecule has 0 aliphatic carbocycles. The average molecular weight is 809 g/mol. The van der Waals surface area contributed by atoms with E-state index in [1.807, 2.05) is 0 Å². The number of carbonyl (C=O) groups excluding carboxylic acids is 2. The van der Waals surface area contributed by atoms with Crippen LogP contribution >= 0.6 is 23.2 Å². The Balaban J connectivity index is 0.000000297. The number of halogens is 8. The van der Waals surface area contributed by atoms with Crippen LogP contribution in [0.1, 0.15) is 35.3 Å². The Morgan fingerprint density at radius 1 is 0.648 bits per heavy atom. The van der Waals surface area contributed by atoms with E-state index < -0.39 is 63.1 Å². The lowest BCUT2D eigenvalue weighted by Gasteiger charge is -2.12. The topological polar surface area (TPSA) is 167 Å². The molecule has 0 aliphatic heterocycles. The summed E-state index contributed by atoms with van der Waals surface area (Å²) >= 11 is 11.6. The van der Waals surface area contributed by atoms with Crippen LogP contribution in [0.25, 0.3) is 0 Å². The van der Waals surface area contributed by atoms with Crippen LogP contribution in [0.4, 0.5) is 37.7 Å². The summed E-state index contributed by atoms with van der Waals surface area (Å²) in [7, 11) is 0. The Morgan fingerprint density at radius 3 is 1.56 bits per heavy atom. The van der Waals surface area contributed by atoms with Crippen LogP contribution in [0.3, 0.4) is 0 Å². The molecule has 0 N–H and O–H groups in total. The van der Waals surface area contributed by atoms with Gasteiger partial charge in [0.15, 0.2) is 6.61 Å². The molecule has 54 heavy (non-hydrogen) atoms. The molecular formula is C33H24Cl2F6N2O11. The molecule has 0 spiro atoms. The van der Waals surface area contributed by atoms with E-state index in [0.717, 1.165) is 48.5 Å². The van der Waals surface area contributed by atoms with Gasteiger partial charge < -0.3 is 23.7 Å². The first kappa shape index (κ1) is 42.6. The van der Waals surface area contributed by atoms with Crippen molar-refractivity contribution < 1.29 is 69.5 Å². The summed E-state index contributed by atoms with van der Waals surface area (Å²) in [5.41, 5.74) is -3.31. The molecule has 0 amide bonds. The van der Waals surface area contributed by atoms with E-state index in [1.165, 1.54) is 25.1 Å². The minimum Gasteiger partial charge on any atom is -0.487 e. The number of rotatable bonds is 12. The number of hydrogen-bond donors (Lipinski definition) is 0. The van der Waals surface area contributed by atoms with Gasteiger partial charge in [-0.1, -0.05) is 23.2 Å². The van der Waals surface area contributed by atoms with Gasteiger partial charge in [0, 0.05) is 24.3 Å². The van der Waals surface area contributed by atoms with E-state index in [4.69, 9.17) is 42.1 Å². The number of ether oxygens (including phenoxy) is 5. The second-order valence-corrected chi connectivity index (χ2v) is 10.9. The molecule has 0 fully saturated rings. The zero-order valence-corrected chi connectivity index (χ0v) is 29.0. The summed E-state index contributed by atoms with van der Waals surface area (Å²) in [6.45, 7) is 2.68. The molecule has 0 saturated heterocycles. The van der Waals surface area contributed by atoms with Gasteiger partial charge in [-0.15, -0.1) is 0 Å². The molecule has 0 atom stereocenters. The smallest absolute Gasteiger partial charge is 0.416 e. The lowest BCUT2D eigenvalue weighted by atomic mass is 10.1. The summed E-state index contributed by atoms with van der Waals surface area (Å²) in [6.07, 6.45) is -9.12. The molecule has 13 nitrogen and oxygen atoms in total. The number of carbonyl (C=O) groups is 2. The van der Waals surface area contributed by atoms with Crippen LogP contribution in [-0.4, -0.2) is 41.6 Å². The Kier molecular flexibility index (Phi) is 14.4. The maximum Gasteiger partial charge on any atom is 0.416 e. The van der Waals surface area contributed by atoms with E-state index in [0.29, 0.717) is 6.07 Å². The average Bonchev–Trinajstić information content (AvgIpc) is 3.08. The summed E-state index contributed by atoms with van der Waals surface area (Å²) in [5, 5.41) is 21.5. The van der Waals surface area contributed by atoms with E-state index >= 15 is 0 Å². The van der Waals surface area contributed by atoms with Crippen LogP contribution in [0.2, 0.25) is 10.0 Å². The highest BCUT2D eigenvalue weighted by Crippen LogP contribution is 2.39. The first-order chi connectivity index (χ1) is 25.2. The number of hydrogen-bond acceptors (Lipinski definition) is 11. The van der Waals surface area contributed by atoms with Gasteiger partial charge in [-0.25, -0.2) is 9.59 Å². The highest BCUT2D eigenvalue weighted by atomic mass is 35.5. The van der Waals surface area contributed by atoms with Crippen molar-refractivity contribution in [2.75, 3.05) is 19.8 Å². The van der Waals surface area contributed by atoms with Gasteiger partial charge in [-0.2, -0.15) is 26.3 Å². The van der Waals surface area contributed by atoms with Crippen molar-refractivity contribution in [1.29, 1.82) is 0 Å². The highest BCUT2D eigenvalue weighted by Gasteiger charge is 2.32. The second kappa shape index (κ2) is 18.3. The number of nitrogens with zero attached hydrogens (tertiary/aromatic N) is 2. The number of esters is 2. The van der Waals surface area contributed by atoms with Crippen molar-refractivity contribution >= 4 is 46.5 Å². The summed E-state index contributed by atoms with van der Waals surface area (Å²) < 4.78 is 101. The normalized spacial score (nSPS) is 11.1. The Morgan fingerprint density at radius 2 is 1.13 bits per heavy atom. The minimum atomic E-state index is -4.61. The molecule has 0 aliphatic rings. The van der Waals surface area contributed by atoms with Crippen molar-refractivity contribution in [2.45, 2.75) is 26.2 Å². The number of nitro groups is 2. The quantitative estimate of drug-likeness (QED) is 0.0578. The van der Waals surface area contributed by atoms with E-state index in [1.54, 1.807) is 6.92 Å². The van der Waals surface area contributed by atoms with Crippen molar-refractivity contribution in [3.8, 4) is 28.7 Å². The van der Waals surface area contributed by atoms with Crippen molar-refractivity contribution in [2.24, 2.45) is 0 Å². The predicted molar refractivity (Wildman–Crippen MR) is 177 cm³/mol. The first-order valence-electron chi connectivity index (χ1n) is 14.9. The molecule has 21 heteroatoms. The largest absolute Gasteiger partial charge is 0.487 e. The van der Waals surface area contributed by atoms with Crippen molar-refractivity contribution in [3.63, 3.8) is 0 Å². The fraction of sp³-hybridized carbons (Fsp3) is 0.212. The van der Waals surface area contributed by atoms with Gasteiger partial charge in [0.05, 0.1) is 44.2 Å². The van der Waals surface area contributed by atoms with Crippen LogP contribution in [-0.2, 0) is 26.6 Å². The molecular weight excluding hydrogens is 785 g/mol. The SMILES string of the molecule is CCOC(=O)COC(=O)c1cc(Oc2ccc(C(F)(F)F)cc2Cl)ccc1[N+](=O)[O-].CCOc1cc(Oc2ccc(C(F)(F)F)cc2Cl)ccc1[N+](=O)[O-]. The lowest BCUT2D eigenvalue weighted by molar-refractivity contribution is -0.385. The zero-order valence-electron chi connectivity index (χ0n) is 27.5. The molecule has 0 unspecified atom stereocenters. The maximum absolute atomic E-state index is 12.7. The van der Waals surface area contributed by atoms with E-state index in [-0.39, 0.29) is 57.7 Å². The standard InChI is InChI=1S/C18H13ClF3NO7.C15H11ClF3NO4/c1-2-28-16(24)9-29-17(25)12-8-11(4-5-14(12)23(26)27)30-15-6-3-10(7-13(15)19)18(20,21)22;1-2-23-14-8-10(4-5-12(14)20(21)22)24-13-6-3-9(7-11(13)16)15(17,18)19/h3-8H,2,9H2,1H3;3-8H,2H2,1H3. The number of alkyl halides is 6. The van der Waals surface area contributed by atoms with Gasteiger partial charge in [0.25, 0.3) is 5.69 Å². The van der Waals surface area contributed by atoms with Gasteiger partial charge in [0.2, 0.25) is 5.75 Å². The van der Waals surface area contributed by atoms with E-state index in [2.05, 4.69) is 4.74 Å². The van der Waals surface area contributed by atoms with Gasteiger partial charge in [0.1, 0.15) is 28.6 Å². The molecule has 288 valence electrons. The molecule has 4 rings (SSSR count). The van der Waals surface area contributed by atoms with Crippen molar-refractivity contribution in [1.82, 2.24) is 0 Å². The van der Waals surface area contributed by atoms with Crippen LogP contribution in [0, 0.1) is 20.2 Å². The predicted octanol–water partition coefficient (Wildman–Crippen LogP) is 10.2. The Labute approximate surface area is 310 Å². The second-order valence-electron chi connectivity index (χ2n) is 10.1. The molecule has 0 saturated carbocycles. The first-order valence-corrected chi connectivity index (χ1v) is 15.6. The summed E-state index contributed by atoms with van der Waals surface area (Å²) in [6, 6.07) is 11.8. The van der Waals surface area contributed by atoms with Crippen molar-refractivity contribution in [3.05, 3.63) is 120 Å². The lowest BCUT2D eigenvalue weighted by Crippen LogP contribution is -2.17. The van der Waals surface area contributed by atoms with Crippen LogP contribution < -0.4 is 14.2 Å². The number of benzene rings is 4. The van der Waals surface area contributed by atoms with Crippen LogP contribution in [0.15, 0.2) is 72.8 Å². The monoisotopic (exact) mass is 808 g/mol. The zero-order chi connectivity index (χ0) is 40.4.